The molecule has 0 radical (unpaired) electrons. The van der Waals surface area contributed by atoms with E-state index in [4.69, 9.17) is 11.2 Å². The molecule has 0 bridgehead atoms. The summed E-state index contributed by atoms with van der Waals surface area (Å²) < 4.78 is 5.40. The third-order valence-corrected chi connectivity index (χ3v) is 3.23. The van der Waals surface area contributed by atoms with Gasteiger partial charge in [-0.25, -0.2) is 0 Å². The average molecular weight is 236 g/mol. The zero-order chi connectivity index (χ0) is 12.1. The highest BCUT2D eigenvalue weighted by atomic mass is 16.5. The Balaban J connectivity index is 1.82. The Morgan fingerprint density at radius 3 is 3.06 bits per heavy atom. The number of nitrogens with zero attached hydrogens (tertiary/aromatic N) is 1. The van der Waals surface area contributed by atoms with Crippen LogP contribution in [-0.2, 0) is 9.53 Å². The van der Waals surface area contributed by atoms with E-state index in [1.807, 2.05) is 0 Å². The fraction of sp³-hybridized carbons (Fsp3) is 0.769. The van der Waals surface area contributed by atoms with Gasteiger partial charge in [-0.15, -0.1) is 12.3 Å². The molecule has 0 spiro atoms. The van der Waals surface area contributed by atoms with Crippen LogP contribution in [0, 0.1) is 12.3 Å². The Labute approximate surface area is 103 Å². The first-order chi connectivity index (χ1) is 8.31. The molecular formula is C13H20N2O2. The first-order valence-electron chi connectivity index (χ1n) is 6.37. The van der Waals surface area contributed by atoms with Gasteiger partial charge < -0.3 is 10.1 Å². The van der Waals surface area contributed by atoms with Crippen LogP contribution in [-0.4, -0.2) is 49.2 Å². The minimum absolute atomic E-state index is 0.118. The van der Waals surface area contributed by atoms with E-state index in [1.165, 1.54) is 0 Å². The molecule has 4 nitrogen and oxygen atoms in total. The van der Waals surface area contributed by atoms with Gasteiger partial charge in [0.25, 0.3) is 0 Å². The van der Waals surface area contributed by atoms with Gasteiger partial charge in [-0.1, -0.05) is 0 Å². The van der Waals surface area contributed by atoms with Crippen molar-refractivity contribution in [2.24, 2.45) is 0 Å². The number of rotatable bonds is 5. The zero-order valence-electron chi connectivity index (χ0n) is 10.2. The molecule has 1 heterocycles. The highest BCUT2D eigenvalue weighted by Crippen LogP contribution is 2.19. The Kier molecular flexibility index (Phi) is 4.41. The molecule has 2 aliphatic rings. The van der Waals surface area contributed by atoms with Crippen LogP contribution < -0.4 is 5.32 Å². The van der Waals surface area contributed by atoms with Gasteiger partial charge >= 0.3 is 0 Å². The topological polar surface area (TPSA) is 41.6 Å². The Bertz CT molecular complexity index is 307. The molecule has 0 aromatic rings. The van der Waals surface area contributed by atoms with Crippen LogP contribution in [0.3, 0.4) is 0 Å². The van der Waals surface area contributed by atoms with Gasteiger partial charge in [-0.3, -0.25) is 9.69 Å². The van der Waals surface area contributed by atoms with Gasteiger partial charge in [0.2, 0.25) is 5.91 Å². The van der Waals surface area contributed by atoms with Crippen LogP contribution >= 0.6 is 0 Å². The standard InChI is InChI=1S/C13H20N2O2/c1-2-3-4-7-15-8-9-17-10-12(15)13(16)14-11-5-6-11/h1,11-12H,3-10H2,(H,14,16). The van der Waals surface area contributed by atoms with Crippen molar-refractivity contribution in [1.29, 1.82) is 0 Å². The van der Waals surface area contributed by atoms with E-state index in [-0.39, 0.29) is 11.9 Å². The van der Waals surface area contributed by atoms with Gasteiger partial charge in [0.05, 0.1) is 13.2 Å². The summed E-state index contributed by atoms with van der Waals surface area (Å²) in [5, 5.41) is 3.04. The van der Waals surface area contributed by atoms with Crippen molar-refractivity contribution in [3.05, 3.63) is 0 Å². The number of carbonyl (C=O) groups is 1. The summed E-state index contributed by atoms with van der Waals surface area (Å²) in [6.07, 6.45) is 9.20. The van der Waals surface area contributed by atoms with Crippen molar-refractivity contribution in [3.8, 4) is 12.3 Å². The van der Waals surface area contributed by atoms with Crippen molar-refractivity contribution in [3.63, 3.8) is 0 Å². The van der Waals surface area contributed by atoms with Gasteiger partial charge in [0.1, 0.15) is 6.04 Å². The molecule has 1 unspecified atom stereocenters. The fourth-order valence-corrected chi connectivity index (χ4v) is 2.06. The molecule has 94 valence electrons. The summed E-state index contributed by atoms with van der Waals surface area (Å²) in [4.78, 5) is 14.2. The smallest absolute Gasteiger partial charge is 0.239 e. The van der Waals surface area contributed by atoms with Crippen molar-refractivity contribution < 1.29 is 9.53 Å². The molecular weight excluding hydrogens is 216 g/mol. The molecule has 17 heavy (non-hydrogen) atoms. The van der Waals surface area contributed by atoms with E-state index in [1.54, 1.807) is 0 Å². The van der Waals surface area contributed by atoms with Crippen LogP contribution in [0.4, 0.5) is 0 Å². The van der Waals surface area contributed by atoms with Crippen molar-refractivity contribution in [2.45, 2.75) is 37.8 Å². The Hall–Kier alpha value is -1.05. The Morgan fingerprint density at radius 2 is 2.35 bits per heavy atom. The summed E-state index contributed by atoms with van der Waals surface area (Å²) in [6, 6.07) is 0.291. The third kappa shape index (κ3) is 3.72. The summed E-state index contributed by atoms with van der Waals surface area (Å²) in [7, 11) is 0. The molecule has 1 amide bonds. The lowest BCUT2D eigenvalue weighted by molar-refractivity contribution is -0.132. The van der Waals surface area contributed by atoms with E-state index >= 15 is 0 Å². The molecule has 2 rings (SSSR count). The molecule has 4 heteroatoms. The summed E-state index contributed by atoms with van der Waals surface area (Å²) in [6.45, 7) is 2.93. The van der Waals surface area contributed by atoms with Crippen molar-refractivity contribution in [1.82, 2.24) is 10.2 Å². The minimum Gasteiger partial charge on any atom is -0.378 e. The number of unbranched alkanes of at least 4 members (excludes halogenated alkanes) is 1. The molecule has 1 saturated heterocycles. The van der Waals surface area contributed by atoms with Crippen LogP contribution in [0.1, 0.15) is 25.7 Å². The van der Waals surface area contributed by atoms with Gasteiger partial charge in [0.15, 0.2) is 0 Å². The van der Waals surface area contributed by atoms with Gasteiger partial charge in [-0.05, 0) is 19.3 Å². The lowest BCUT2D eigenvalue weighted by Gasteiger charge is -2.34. The highest BCUT2D eigenvalue weighted by Gasteiger charge is 2.32. The predicted molar refractivity (Wildman–Crippen MR) is 65.4 cm³/mol. The van der Waals surface area contributed by atoms with Crippen LogP contribution in [0.15, 0.2) is 0 Å². The monoisotopic (exact) mass is 236 g/mol. The number of morpholine rings is 1. The first kappa shape index (κ1) is 12.4. The molecule has 1 aliphatic carbocycles. The summed E-state index contributed by atoms with van der Waals surface area (Å²) in [5.41, 5.74) is 0. The third-order valence-electron chi connectivity index (χ3n) is 3.23. The molecule has 1 aliphatic heterocycles. The van der Waals surface area contributed by atoms with E-state index in [9.17, 15) is 4.79 Å². The maximum atomic E-state index is 12.0. The van der Waals surface area contributed by atoms with E-state index in [0.29, 0.717) is 19.3 Å². The second-order valence-electron chi connectivity index (χ2n) is 4.72. The van der Waals surface area contributed by atoms with E-state index in [0.717, 1.165) is 38.8 Å². The second kappa shape index (κ2) is 6.04. The molecule has 1 N–H and O–H groups in total. The molecule has 1 atom stereocenters. The summed E-state index contributed by atoms with van der Waals surface area (Å²) >= 11 is 0. The average Bonchev–Trinajstić information content (AvgIpc) is 3.14. The van der Waals surface area contributed by atoms with Crippen LogP contribution in [0.25, 0.3) is 0 Å². The molecule has 2 fully saturated rings. The minimum atomic E-state index is -0.123. The van der Waals surface area contributed by atoms with Gasteiger partial charge in [-0.2, -0.15) is 0 Å². The first-order valence-corrected chi connectivity index (χ1v) is 6.37. The number of hydrogen-bond donors (Lipinski definition) is 1. The number of carbonyl (C=O) groups excluding carboxylic acids is 1. The maximum absolute atomic E-state index is 12.0. The fourth-order valence-electron chi connectivity index (χ4n) is 2.06. The maximum Gasteiger partial charge on any atom is 0.239 e. The molecule has 1 saturated carbocycles. The van der Waals surface area contributed by atoms with Crippen molar-refractivity contribution >= 4 is 5.91 Å². The lowest BCUT2D eigenvalue weighted by Crippen LogP contribution is -2.54. The number of amides is 1. The molecule has 0 aromatic heterocycles. The number of terminal acetylenes is 1. The predicted octanol–water partition coefficient (Wildman–Crippen LogP) is 0.379. The summed E-state index contributed by atoms with van der Waals surface area (Å²) in [5.74, 6) is 2.75. The Morgan fingerprint density at radius 1 is 1.53 bits per heavy atom. The lowest BCUT2D eigenvalue weighted by atomic mass is 10.2. The zero-order valence-corrected chi connectivity index (χ0v) is 10.2. The highest BCUT2D eigenvalue weighted by molar-refractivity contribution is 5.82. The SMILES string of the molecule is C#CCCCN1CCOCC1C(=O)NC1CC1. The normalized spacial score (nSPS) is 25.2. The number of nitrogens with one attached hydrogen (secondary N) is 1. The van der Waals surface area contributed by atoms with Crippen LogP contribution in [0.2, 0.25) is 0 Å². The van der Waals surface area contributed by atoms with Crippen molar-refractivity contribution in [2.75, 3.05) is 26.3 Å². The number of ether oxygens (including phenoxy) is 1. The number of hydrogen-bond acceptors (Lipinski definition) is 3. The quantitative estimate of drug-likeness (QED) is 0.554. The second-order valence-corrected chi connectivity index (χ2v) is 4.72. The van der Waals surface area contributed by atoms with Crippen LogP contribution in [0.5, 0.6) is 0 Å². The molecule has 0 aromatic carbocycles. The largest absolute Gasteiger partial charge is 0.378 e. The van der Waals surface area contributed by atoms with Gasteiger partial charge in [0, 0.05) is 25.6 Å². The van der Waals surface area contributed by atoms with E-state index < -0.39 is 0 Å². The van der Waals surface area contributed by atoms with E-state index in [2.05, 4.69) is 16.1 Å².